The molecule has 0 aliphatic rings. The van der Waals surface area contributed by atoms with E-state index in [0.29, 0.717) is 0 Å². The highest BCUT2D eigenvalue weighted by Crippen LogP contribution is 2.21. The first-order chi connectivity index (χ1) is 11.0. The van der Waals surface area contributed by atoms with Gasteiger partial charge in [-0.2, -0.15) is 13.9 Å². The molecule has 8 heteroatoms. The Labute approximate surface area is 135 Å². The van der Waals surface area contributed by atoms with Crippen molar-refractivity contribution in [2.45, 2.75) is 6.61 Å². The molecule has 0 spiro atoms. The number of rotatable bonds is 5. The molecule has 0 aromatic heterocycles. The van der Waals surface area contributed by atoms with E-state index in [-0.39, 0.29) is 27.6 Å². The third-order valence-corrected chi connectivity index (χ3v) is 2.94. The van der Waals surface area contributed by atoms with Gasteiger partial charge >= 0.3 is 6.61 Å². The van der Waals surface area contributed by atoms with E-state index in [2.05, 4.69) is 15.3 Å². The summed E-state index contributed by atoms with van der Waals surface area (Å²) in [6.07, 6.45) is 1.15. The first-order valence-corrected chi connectivity index (χ1v) is 6.71. The predicted molar refractivity (Wildman–Crippen MR) is 81.3 cm³/mol. The van der Waals surface area contributed by atoms with E-state index in [9.17, 15) is 18.7 Å². The number of ether oxygens (including phenoxy) is 1. The van der Waals surface area contributed by atoms with Crippen LogP contribution in [0.1, 0.15) is 15.9 Å². The molecule has 0 atom stereocenters. The van der Waals surface area contributed by atoms with Crippen molar-refractivity contribution in [1.82, 2.24) is 5.43 Å². The van der Waals surface area contributed by atoms with Gasteiger partial charge in [-0.05, 0) is 30.3 Å². The van der Waals surface area contributed by atoms with Crippen LogP contribution < -0.4 is 10.2 Å². The smallest absolute Gasteiger partial charge is 0.387 e. The topological polar surface area (TPSA) is 70.9 Å². The molecule has 2 N–H and O–H groups in total. The number of carbonyl (C=O) groups is 1. The first-order valence-electron chi connectivity index (χ1n) is 6.33. The van der Waals surface area contributed by atoms with Crippen molar-refractivity contribution in [2.24, 2.45) is 5.10 Å². The monoisotopic (exact) mass is 340 g/mol. The van der Waals surface area contributed by atoms with Gasteiger partial charge < -0.3 is 9.84 Å². The number of hydrogen-bond donors (Lipinski definition) is 2. The van der Waals surface area contributed by atoms with E-state index in [4.69, 9.17) is 11.6 Å². The second kappa shape index (κ2) is 7.55. The highest BCUT2D eigenvalue weighted by molar-refractivity contribution is 6.31. The average Bonchev–Trinajstić information content (AvgIpc) is 2.50. The van der Waals surface area contributed by atoms with Crippen molar-refractivity contribution in [1.29, 1.82) is 0 Å². The number of halogens is 3. The average molecular weight is 341 g/mol. The molecule has 2 aromatic rings. The van der Waals surface area contributed by atoms with Gasteiger partial charge in [0.1, 0.15) is 11.5 Å². The van der Waals surface area contributed by atoms with Gasteiger partial charge in [0, 0.05) is 10.6 Å². The summed E-state index contributed by atoms with van der Waals surface area (Å²) in [5, 5.41) is 13.5. The molecule has 23 heavy (non-hydrogen) atoms. The molecule has 0 aliphatic heterocycles. The summed E-state index contributed by atoms with van der Waals surface area (Å²) in [6, 6.07) is 9.93. The number of hydrogen-bond acceptors (Lipinski definition) is 4. The van der Waals surface area contributed by atoms with Gasteiger partial charge in [-0.3, -0.25) is 4.79 Å². The molecule has 0 saturated heterocycles. The van der Waals surface area contributed by atoms with Crippen LogP contribution in [0.4, 0.5) is 8.78 Å². The quantitative estimate of drug-likeness (QED) is 0.647. The number of benzene rings is 2. The Morgan fingerprint density at radius 1 is 1.30 bits per heavy atom. The van der Waals surface area contributed by atoms with Crippen molar-refractivity contribution < 1.29 is 23.4 Å². The number of phenols is 1. The van der Waals surface area contributed by atoms with Crippen LogP contribution in [0, 0.1) is 0 Å². The first kappa shape index (κ1) is 16.7. The molecule has 0 bridgehead atoms. The van der Waals surface area contributed by atoms with E-state index in [1.165, 1.54) is 36.4 Å². The molecule has 2 rings (SSSR count). The van der Waals surface area contributed by atoms with Gasteiger partial charge in [0.2, 0.25) is 0 Å². The van der Waals surface area contributed by atoms with Crippen molar-refractivity contribution in [2.75, 3.05) is 0 Å². The van der Waals surface area contributed by atoms with Crippen molar-refractivity contribution >= 4 is 23.7 Å². The summed E-state index contributed by atoms with van der Waals surface area (Å²) in [7, 11) is 0. The Kier molecular flexibility index (Phi) is 5.48. The van der Waals surface area contributed by atoms with Crippen LogP contribution in [-0.4, -0.2) is 23.8 Å². The fraction of sp³-hybridized carbons (Fsp3) is 0.0667. The van der Waals surface area contributed by atoms with Gasteiger partial charge in [-0.15, -0.1) is 0 Å². The fourth-order valence-electron chi connectivity index (χ4n) is 1.70. The molecule has 0 unspecified atom stereocenters. The summed E-state index contributed by atoms with van der Waals surface area (Å²) >= 11 is 5.74. The number of amides is 1. The molecule has 0 saturated carbocycles. The highest BCUT2D eigenvalue weighted by atomic mass is 35.5. The van der Waals surface area contributed by atoms with Gasteiger partial charge in [0.05, 0.1) is 11.8 Å². The molecule has 1 amide bonds. The Bertz CT molecular complexity index is 738. The predicted octanol–water partition coefficient (Wildman–Crippen LogP) is 3.41. The molecular formula is C15H11ClF2N2O3. The lowest BCUT2D eigenvalue weighted by atomic mass is 10.2. The summed E-state index contributed by atoms with van der Waals surface area (Å²) < 4.78 is 28.9. The number of hydrazone groups is 1. The maximum Gasteiger partial charge on any atom is 0.387 e. The lowest BCUT2D eigenvalue weighted by Gasteiger charge is -2.07. The summed E-state index contributed by atoms with van der Waals surface area (Å²) in [6.45, 7) is -2.97. The van der Waals surface area contributed by atoms with E-state index < -0.39 is 12.5 Å². The van der Waals surface area contributed by atoms with Gasteiger partial charge in [0.15, 0.2) is 0 Å². The zero-order valence-electron chi connectivity index (χ0n) is 11.5. The maximum atomic E-state index is 12.3. The molecule has 120 valence electrons. The van der Waals surface area contributed by atoms with Crippen molar-refractivity contribution in [3.8, 4) is 11.5 Å². The van der Waals surface area contributed by atoms with Crippen LogP contribution in [0.25, 0.3) is 0 Å². The van der Waals surface area contributed by atoms with Crippen LogP contribution in [-0.2, 0) is 0 Å². The number of aromatic hydroxyl groups is 1. The number of phenolic OH excluding ortho intramolecular Hbond substituents is 1. The summed E-state index contributed by atoms with van der Waals surface area (Å²) in [5.74, 6) is -1.04. The Morgan fingerprint density at radius 3 is 2.78 bits per heavy atom. The molecule has 0 heterocycles. The number of para-hydroxylation sites is 1. The number of carbonyl (C=O) groups excluding carboxylic acids is 1. The highest BCUT2D eigenvalue weighted by Gasteiger charge is 2.11. The zero-order valence-corrected chi connectivity index (χ0v) is 12.3. The minimum Gasteiger partial charge on any atom is -0.507 e. The molecular weight excluding hydrogens is 330 g/mol. The molecule has 2 aromatic carbocycles. The van der Waals surface area contributed by atoms with E-state index in [1.807, 2.05) is 0 Å². The van der Waals surface area contributed by atoms with Crippen LogP contribution in [0.5, 0.6) is 11.5 Å². The lowest BCUT2D eigenvalue weighted by Crippen LogP contribution is -2.17. The number of nitrogens with one attached hydrogen (secondary N) is 1. The third kappa shape index (κ3) is 4.65. The van der Waals surface area contributed by atoms with Crippen LogP contribution in [0.3, 0.4) is 0 Å². The van der Waals surface area contributed by atoms with Crippen molar-refractivity contribution in [3.05, 3.63) is 58.6 Å². The Morgan fingerprint density at radius 2 is 2.04 bits per heavy atom. The van der Waals surface area contributed by atoms with Gasteiger partial charge in [0.25, 0.3) is 5.91 Å². The van der Waals surface area contributed by atoms with E-state index in [0.717, 1.165) is 6.21 Å². The third-order valence-electron chi connectivity index (χ3n) is 2.71. The zero-order chi connectivity index (χ0) is 16.8. The second-order valence-electron chi connectivity index (χ2n) is 4.28. The maximum absolute atomic E-state index is 12.3. The molecule has 0 fully saturated rings. The lowest BCUT2D eigenvalue weighted by molar-refractivity contribution is -0.0499. The van der Waals surface area contributed by atoms with Gasteiger partial charge in [-0.25, -0.2) is 5.43 Å². The molecule has 0 radical (unpaired) electrons. The van der Waals surface area contributed by atoms with Gasteiger partial charge in [-0.1, -0.05) is 23.7 Å². The molecule has 5 nitrogen and oxygen atoms in total. The minimum absolute atomic E-state index is 0.0632. The largest absolute Gasteiger partial charge is 0.507 e. The second-order valence-corrected chi connectivity index (χ2v) is 4.71. The standard InChI is InChI=1S/C15H11ClF2N2O3/c16-10-5-6-12(21)11(7-10)14(22)20-19-8-9-3-1-2-4-13(9)23-15(17)18/h1-8,15,21H,(H,20,22)/b19-8-. The normalized spacial score (nSPS) is 11.0. The Hall–Kier alpha value is -2.67. The minimum atomic E-state index is -2.97. The van der Waals surface area contributed by atoms with Crippen LogP contribution in [0.15, 0.2) is 47.6 Å². The van der Waals surface area contributed by atoms with Crippen LogP contribution in [0.2, 0.25) is 5.02 Å². The van der Waals surface area contributed by atoms with E-state index in [1.54, 1.807) is 6.07 Å². The number of nitrogens with zero attached hydrogens (tertiary/aromatic N) is 1. The fourth-order valence-corrected chi connectivity index (χ4v) is 1.87. The number of alkyl halides is 2. The molecule has 0 aliphatic carbocycles. The summed E-state index contributed by atoms with van der Waals surface area (Å²) in [4.78, 5) is 11.9. The van der Waals surface area contributed by atoms with Crippen LogP contribution >= 0.6 is 11.6 Å². The van der Waals surface area contributed by atoms with Crippen molar-refractivity contribution in [3.63, 3.8) is 0 Å². The SMILES string of the molecule is O=C(N/N=C\c1ccccc1OC(F)F)c1cc(Cl)ccc1O. The van der Waals surface area contributed by atoms with E-state index >= 15 is 0 Å². The Balaban J connectivity index is 2.10. The summed E-state index contributed by atoms with van der Waals surface area (Å²) in [5.41, 5.74) is 2.35.